The first-order valence-electron chi connectivity index (χ1n) is 12.7. The van der Waals surface area contributed by atoms with Crippen molar-refractivity contribution in [1.82, 2.24) is 10.2 Å². The van der Waals surface area contributed by atoms with Gasteiger partial charge in [0.05, 0.1) is 10.6 Å². The molecule has 0 spiro atoms. The molecule has 7 nitrogen and oxygen atoms in total. The molecule has 0 heterocycles. The fraction of sp³-hybridized carbons (Fsp3) is 0.310. The summed E-state index contributed by atoms with van der Waals surface area (Å²) in [6.45, 7) is 6.46. The average molecular weight is 625 g/mol. The Labute approximate surface area is 251 Å². The molecular formula is C29H32Cl3N3O4S. The Morgan fingerprint density at radius 3 is 2.10 bits per heavy atom. The van der Waals surface area contributed by atoms with Crippen molar-refractivity contribution in [2.45, 2.75) is 57.6 Å². The predicted molar refractivity (Wildman–Crippen MR) is 162 cm³/mol. The number of nitrogens with zero attached hydrogens (tertiary/aromatic N) is 2. The van der Waals surface area contributed by atoms with E-state index in [9.17, 15) is 18.0 Å². The quantitative estimate of drug-likeness (QED) is 0.265. The number of halogens is 3. The van der Waals surface area contributed by atoms with Gasteiger partial charge in [0.25, 0.3) is 10.0 Å². The summed E-state index contributed by atoms with van der Waals surface area (Å²) >= 11 is 19.2. The first-order chi connectivity index (χ1) is 18.9. The van der Waals surface area contributed by atoms with Gasteiger partial charge in [-0.15, -0.1) is 0 Å². The van der Waals surface area contributed by atoms with Gasteiger partial charge < -0.3 is 10.2 Å². The number of rotatable bonds is 11. The van der Waals surface area contributed by atoms with Crippen LogP contribution in [0.15, 0.2) is 71.6 Å². The molecule has 0 aliphatic carbocycles. The number of nitrogens with one attached hydrogen (secondary N) is 1. The lowest BCUT2D eigenvalue weighted by Crippen LogP contribution is -2.52. The maximum Gasteiger partial charge on any atom is 0.264 e. The van der Waals surface area contributed by atoms with Crippen molar-refractivity contribution >= 4 is 62.3 Å². The normalized spacial score (nSPS) is 12.9. The van der Waals surface area contributed by atoms with Crippen LogP contribution in [-0.2, 0) is 26.2 Å². The molecule has 0 aliphatic heterocycles. The SMILES string of the molecule is CC[C@@H](C)NC(=O)[C@H](C)N(Cc1c(Cl)cccc1Cl)C(=O)CN(c1ccc(C)c(Cl)c1)S(=O)(=O)c1ccccc1. The van der Waals surface area contributed by atoms with Crippen molar-refractivity contribution in [3.8, 4) is 0 Å². The number of hydrogen-bond donors (Lipinski definition) is 1. The van der Waals surface area contributed by atoms with Crippen LogP contribution in [-0.4, -0.2) is 43.8 Å². The lowest BCUT2D eigenvalue weighted by molar-refractivity contribution is -0.139. The van der Waals surface area contributed by atoms with E-state index < -0.39 is 28.5 Å². The summed E-state index contributed by atoms with van der Waals surface area (Å²) < 4.78 is 28.7. The molecule has 0 fully saturated rings. The van der Waals surface area contributed by atoms with E-state index >= 15 is 0 Å². The van der Waals surface area contributed by atoms with Crippen LogP contribution in [0, 0.1) is 6.92 Å². The zero-order chi connectivity index (χ0) is 29.6. The highest BCUT2D eigenvalue weighted by Crippen LogP contribution is 2.30. The van der Waals surface area contributed by atoms with Gasteiger partial charge in [-0.05, 0) is 69.2 Å². The van der Waals surface area contributed by atoms with Crippen molar-refractivity contribution in [3.05, 3.63) is 92.9 Å². The topological polar surface area (TPSA) is 86.8 Å². The molecule has 0 saturated heterocycles. The smallest absolute Gasteiger partial charge is 0.264 e. The monoisotopic (exact) mass is 623 g/mol. The number of hydrogen-bond acceptors (Lipinski definition) is 4. The third-order valence-electron chi connectivity index (χ3n) is 6.61. The molecule has 1 N–H and O–H groups in total. The Kier molecular flexibility index (Phi) is 10.9. The fourth-order valence-electron chi connectivity index (χ4n) is 3.89. The van der Waals surface area contributed by atoms with Gasteiger partial charge in [-0.3, -0.25) is 13.9 Å². The summed E-state index contributed by atoms with van der Waals surface area (Å²) in [4.78, 5) is 28.4. The molecule has 40 heavy (non-hydrogen) atoms. The van der Waals surface area contributed by atoms with E-state index in [4.69, 9.17) is 34.8 Å². The third-order valence-corrected chi connectivity index (χ3v) is 9.52. The van der Waals surface area contributed by atoms with Gasteiger partial charge in [-0.2, -0.15) is 0 Å². The van der Waals surface area contributed by atoms with Crippen LogP contribution in [0.1, 0.15) is 38.3 Å². The van der Waals surface area contributed by atoms with E-state index in [-0.39, 0.29) is 29.1 Å². The van der Waals surface area contributed by atoms with Crippen molar-refractivity contribution < 1.29 is 18.0 Å². The largest absolute Gasteiger partial charge is 0.352 e. The molecule has 3 aromatic rings. The number of carbonyl (C=O) groups is 2. The minimum absolute atomic E-state index is 0.00255. The molecule has 2 amide bonds. The summed E-state index contributed by atoms with van der Waals surface area (Å²) in [5, 5.41) is 3.87. The van der Waals surface area contributed by atoms with Crippen LogP contribution in [0.5, 0.6) is 0 Å². The van der Waals surface area contributed by atoms with Crippen LogP contribution in [0.2, 0.25) is 15.1 Å². The Bertz CT molecular complexity index is 1450. The lowest BCUT2D eigenvalue weighted by Gasteiger charge is -2.33. The molecule has 3 aromatic carbocycles. The van der Waals surface area contributed by atoms with Crippen LogP contribution in [0.4, 0.5) is 5.69 Å². The van der Waals surface area contributed by atoms with Gasteiger partial charge in [0.2, 0.25) is 11.8 Å². The molecule has 2 atom stereocenters. The van der Waals surface area contributed by atoms with Crippen LogP contribution in [0.25, 0.3) is 0 Å². The maximum atomic E-state index is 14.0. The summed E-state index contributed by atoms with van der Waals surface area (Å²) in [7, 11) is -4.20. The van der Waals surface area contributed by atoms with Gasteiger partial charge in [-0.25, -0.2) is 8.42 Å². The molecule has 11 heteroatoms. The van der Waals surface area contributed by atoms with E-state index in [1.807, 2.05) is 13.8 Å². The van der Waals surface area contributed by atoms with Gasteiger partial charge in [0.1, 0.15) is 12.6 Å². The second-order valence-electron chi connectivity index (χ2n) is 9.47. The van der Waals surface area contributed by atoms with Crippen LogP contribution in [0.3, 0.4) is 0 Å². The highest BCUT2D eigenvalue weighted by atomic mass is 35.5. The Morgan fingerprint density at radius 1 is 0.900 bits per heavy atom. The standard InChI is InChI=1S/C29H32Cl3N3O4S/c1-5-20(3)33-29(37)21(4)34(17-24-25(30)12-9-13-26(24)31)28(36)18-35(22-15-14-19(2)27(32)16-22)40(38,39)23-10-7-6-8-11-23/h6-16,20-21H,5,17-18H2,1-4H3,(H,33,37)/t20-,21+/m1/s1. The molecule has 0 aliphatic rings. The van der Waals surface area contributed by atoms with E-state index in [1.165, 1.54) is 23.1 Å². The summed E-state index contributed by atoms with van der Waals surface area (Å²) in [6, 6.07) is 16.4. The first kappa shape index (κ1) is 31.7. The second-order valence-corrected chi connectivity index (χ2v) is 12.6. The van der Waals surface area contributed by atoms with Crippen molar-refractivity contribution in [2.75, 3.05) is 10.8 Å². The molecule has 0 radical (unpaired) electrons. The molecule has 0 unspecified atom stereocenters. The number of aryl methyl sites for hydroxylation is 1. The second kappa shape index (κ2) is 13.7. The molecule has 0 bridgehead atoms. The highest BCUT2D eigenvalue weighted by molar-refractivity contribution is 7.92. The van der Waals surface area contributed by atoms with E-state index in [1.54, 1.807) is 62.4 Å². The molecule has 3 rings (SSSR count). The van der Waals surface area contributed by atoms with Crippen molar-refractivity contribution in [1.29, 1.82) is 0 Å². The number of amides is 2. The zero-order valence-electron chi connectivity index (χ0n) is 22.7. The number of benzene rings is 3. The molecule has 0 saturated carbocycles. The fourth-order valence-corrected chi connectivity index (χ4v) is 6.01. The zero-order valence-corrected chi connectivity index (χ0v) is 25.8. The average Bonchev–Trinajstić information content (AvgIpc) is 2.93. The maximum absolute atomic E-state index is 14.0. The van der Waals surface area contributed by atoms with Gasteiger partial charge in [-0.1, -0.05) is 72.1 Å². The van der Waals surface area contributed by atoms with Gasteiger partial charge in [0.15, 0.2) is 0 Å². The Hall–Kier alpha value is -2.78. The summed E-state index contributed by atoms with van der Waals surface area (Å²) in [6.07, 6.45) is 0.694. The van der Waals surface area contributed by atoms with Crippen molar-refractivity contribution in [2.24, 2.45) is 0 Å². The van der Waals surface area contributed by atoms with Gasteiger partial charge >= 0.3 is 0 Å². The molecule has 214 valence electrons. The van der Waals surface area contributed by atoms with E-state index in [0.717, 1.165) is 9.87 Å². The number of anilines is 1. The number of sulfonamides is 1. The number of carbonyl (C=O) groups excluding carboxylic acids is 2. The molecule has 0 aromatic heterocycles. The Balaban J connectivity index is 2.08. The Morgan fingerprint density at radius 2 is 1.52 bits per heavy atom. The summed E-state index contributed by atoms with van der Waals surface area (Å²) in [5.41, 5.74) is 1.40. The van der Waals surface area contributed by atoms with E-state index in [2.05, 4.69) is 5.32 Å². The minimum Gasteiger partial charge on any atom is -0.352 e. The predicted octanol–water partition coefficient (Wildman–Crippen LogP) is 6.48. The van der Waals surface area contributed by atoms with Gasteiger partial charge in [0, 0.05) is 33.2 Å². The van der Waals surface area contributed by atoms with E-state index in [0.29, 0.717) is 27.1 Å². The first-order valence-corrected chi connectivity index (χ1v) is 15.3. The summed E-state index contributed by atoms with van der Waals surface area (Å²) in [5.74, 6) is -1.01. The van der Waals surface area contributed by atoms with Crippen LogP contribution >= 0.6 is 34.8 Å². The van der Waals surface area contributed by atoms with Crippen molar-refractivity contribution in [3.63, 3.8) is 0 Å². The highest BCUT2D eigenvalue weighted by Gasteiger charge is 2.33. The lowest BCUT2D eigenvalue weighted by atomic mass is 10.1. The molecular weight excluding hydrogens is 593 g/mol. The third kappa shape index (κ3) is 7.49. The minimum atomic E-state index is -4.20. The van der Waals surface area contributed by atoms with Crippen LogP contribution < -0.4 is 9.62 Å².